The molecule has 0 N–H and O–H groups in total. The zero-order valence-corrected chi connectivity index (χ0v) is 16.3. The fourth-order valence-corrected chi connectivity index (χ4v) is 5.28. The van der Waals surface area contributed by atoms with Gasteiger partial charge in [-0.2, -0.15) is 0 Å². The van der Waals surface area contributed by atoms with Crippen molar-refractivity contribution in [3.05, 3.63) is 41.5 Å². The van der Waals surface area contributed by atoms with Gasteiger partial charge in [0.1, 0.15) is 0 Å². The molecule has 1 amide bonds. The Bertz CT molecular complexity index is 692. The number of allylic oxidation sites excluding steroid dienone is 1. The predicted octanol–water partition coefficient (Wildman–Crippen LogP) is 4.09. The number of rotatable bonds is 3. The highest BCUT2D eigenvalue weighted by Crippen LogP contribution is 2.47. The molecule has 0 aromatic heterocycles. The van der Waals surface area contributed by atoms with Crippen molar-refractivity contribution in [2.75, 3.05) is 33.7 Å². The van der Waals surface area contributed by atoms with E-state index in [1.807, 2.05) is 14.1 Å². The standard InChI is InChI=1S/C23H32N2O/c1-24(2)22(26)20-16-23(21-11-7-6-10-19(20)21)12-14-25(15-13-23)17-18-8-4-3-5-9-18/h6-7,10-11,16,18H,3-5,8-9,12-15,17H2,1-2H3. The smallest absolute Gasteiger partial charge is 0.253 e. The number of amides is 1. The molecular formula is C23H32N2O. The number of hydrogen-bond acceptors (Lipinski definition) is 2. The van der Waals surface area contributed by atoms with Crippen LogP contribution in [0, 0.1) is 5.92 Å². The molecule has 1 aliphatic heterocycles. The molecule has 4 rings (SSSR count). The van der Waals surface area contributed by atoms with Crippen molar-refractivity contribution < 1.29 is 4.79 Å². The molecule has 140 valence electrons. The minimum atomic E-state index is 0.0701. The van der Waals surface area contributed by atoms with Gasteiger partial charge in [0.15, 0.2) is 0 Å². The van der Waals surface area contributed by atoms with Crippen molar-refractivity contribution in [2.24, 2.45) is 5.92 Å². The second kappa shape index (κ2) is 7.19. The first-order chi connectivity index (χ1) is 12.6. The summed E-state index contributed by atoms with van der Waals surface area (Å²) in [7, 11) is 3.70. The Kier molecular flexibility index (Phi) is 4.92. The summed E-state index contributed by atoms with van der Waals surface area (Å²) in [5.74, 6) is 1.05. The van der Waals surface area contributed by atoms with E-state index in [-0.39, 0.29) is 11.3 Å². The van der Waals surface area contributed by atoms with Gasteiger partial charge in [0.05, 0.1) is 0 Å². The first-order valence-electron chi connectivity index (χ1n) is 10.4. The van der Waals surface area contributed by atoms with Gasteiger partial charge in [-0.1, -0.05) is 49.6 Å². The van der Waals surface area contributed by atoms with Crippen LogP contribution < -0.4 is 0 Å². The number of nitrogens with zero attached hydrogens (tertiary/aromatic N) is 2. The molecule has 1 aromatic carbocycles. The van der Waals surface area contributed by atoms with Crippen LogP contribution in [0.5, 0.6) is 0 Å². The second-order valence-electron chi connectivity index (χ2n) is 8.76. The van der Waals surface area contributed by atoms with E-state index in [1.54, 1.807) is 4.90 Å². The average molecular weight is 353 g/mol. The number of likely N-dealkylation sites (N-methyl/N-ethyl adjacent to an activating group) is 1. The highest BCUT2D eigenvalue weighted by Gasteiger charge is 2.42. The monoisotopic (exact) mass is 352 g/mol. The van der Waals surface area contributed by atoms with Crippen molar-refractivity contribution in [1.82, 2.24) is 9.80 Å². The third-order valence-electron chi connectivity index (χ3n) is 6.80. The Morgan fingerprint density at radius 1 is 1.12 bits per heavy atom. The van der Waals surface area contributed by atoms with Crippen LogP contribution >= 0.6 is 0 Å². The van der Waals surface area contributed by atoms with Crippen molar-refractivity contribution in [1.29, 1.82) is 0 Å². The number of likely N-dealkylation sites (tertiary alicyclic amines) is 1. The van der Waals surface area contributed by atoms with E-state index in [4.69, 9.17) is 0 Å². The van der Waals surface area contributed by atoms with Gasteiger partial charge in [-0.15, -0.1) is 0 Å². The van der Waals surface area contributed by atoms with E-state index in [0.717, 1.165) is 43.0 Å². The van der Waals surface area contributed by atoms with Crippen molar-refractivity contribution in [2.45, 2.75) is 50.4 Å². The zero-order valence-electron chi connectivity index (χ0n) is 16.3. The maximum absolute atomic E-state index is 12.7. The Balaban J connectivity index is 1.51. The molecule has 0 unspecified atom stereocenters. The average Bonchev–Trinajstić information content (AvgIpc) is 2.98. The van der Waals surface area contributed by atoms with Gasteiger partial charge in [0.25, 0.3) is 5.91 Å². The van der Waals surface area contributed by atoms with Gasteiger partial charge >= 0.3 is 0 Å². The molecule has 1 saturated carbocycles. The van der Waals surface area contributed by atoms with E-state index in [1.165, 1.54) is 44.2 Å². The lowest BCUT2D eigenvalue weighted by atomic mass is 9.74. The third kappa shape index (κ3) is 3.22. The molecule has 0 bridgehead atoms. The molecule has 0 radical (unpaired) electrons. The number of fused-ring (bicyclic) bond motifs is 2. The lowest BCUT2D eigenvalue weighted by Gasteiger charge is -2.41. The molecule has 1 saturated heterocycles. The minimum absolute atomic E-state index is 0.0701. The summed E-state index contributed by atoms with van der Waals surface area (Å²) >= 11 is 0. The van der Waals surface area contributed by atoms with Crippen LogP contribution in [0.2, 0.25) is 0 Å². The Labute approximate surface area is 158 Å². The fourth-order valence-electron chi connectivity index (χ4n) is 5.28. The molecule has 2 fully saturated rings. The maximum atomic E-state index is 12.7. The molecule has 3 aliphatic rings. The first kappa shape index (κ1) is 17.8. The largest absolute Gasteiger partial charge is 0.345 e. The van der Waals surface area contributed by atoms with E-state index in [9.17, 15) is 4.79 Å². The summed E-state index contributed by atoms with van der Waals surface area (Å²) in [6.07, 6.45) is 11.7. The Morgan fingerprint density at radius 2 is 1.81 bits per heavy atom. The van der Waals surface area contributed by atoms with Crippen LogP contribution in [0.25, 0.3) is 5.57 Å². The Hall–Kier alpha value is -1.61. The van der Waals surface area contributed by atoms with Crippen molar-refractivity contribution in [3.8, 4) is 0 Å². The number of piperidine rings is 1. The SMILES string of the molecule is CN(C)C(=O)C1=CC2(CCN(CC3CCCCC3)CC2)c2ccccc21. The van der Waals surface area contributed by atoms with Gasteiger partial charge < -0.3 is 9.80 Å². The van der Waals surface area contributed by atoms with Gasteiger partial charge in [-0.25, -0.2) is 0 Å². The molecule has 1 aromatic rings. The van der Waals surface area contributed by atoms with Crippen LogP contribution in [0.15, 0.2) is 30.3 Å². The lowest BCUT2D eigenvalue weighted by Crippen LogP contribution is -2.43. The topological polar surface area (TPSA) is 23.6 Å². The molecule has 1 spiro atoms. The molecule has 26 heavy (non-hydrogen) atoms. The quantitative estimate of drug-likeness (QED) is 0.818. The summed E-state index contributed by atoms with van der Waals surface area (Å²) in [4.78, 5) is 17.1. The van der Waals surface area contributed by atoms with Crippen LogP contribution in [-0.2, 0) is 10.2 Å². The molecule has 0 atom stereocenters. The third-order valence-corrected chi connectivity index (χ3v) is 6.80. The second-order valence-corrected chi connectivity index (χ2v) is 8.76. The predicted molar refractivity (Wildman–Crippen MR) is 107 cm³/mol. The molecular weight excluding hydrogens is 320 g/mol. The van der Waals surface area contributed by atoms with Crippen LogP contribution in [0.3, 0.4) is 0 Å². The first-order valence-corrected chi connectivity index (χ1v) is 10.4. The summed E-state index contributed by atoms with van der Waals surface area (Å²) in [6, 6.07) is 8.57. The van der Waals surface area contributed by atoms with Crippen molar-refractivity contribution in [3.63, 3.8) is 0 Å². The summed E-state index contributed by atoms with van der Waals surface area (Å²) < 4.78 is 0. The Morgan fingerprint density at radius 3 is 2.50 bits per heavy atom. The van der Waals surface area contributed by atoms with E-state index in [2.05, 4.69) is 35.2 Å². The van der Waals surface area contributed by atoms with Gasteiger partial charge in [0, 0.05) is 31.6 Å². The summed E-state index contributed by atoms with van der Waals surface area (Å²) in [5, 5.41) is 0. The van der Waals surface area contributed by atoms with Gasteiger partial charge in [-0.05, 0) is 55.8 Å². The lowest BCUT2D eigenvalue weighted by molar-refractivity contribution is -0.122. The highest BCUT2D eigenvalue weighted by molar-refractivity contribution is 6.21. The maximum Gasteiger partial charge on any atom is 0.253 e. The van der Waals surface area contributed by atoms with Crippen LogP contribution in [-0.4, -0.2) is 49.4 Å². The number of hydrogen-bond donors (Lipinski definition) is 0. The fraction of sp³-hybridized carbons (Fsp3) is 0.609. The molecule has 3 heteroatoms. The number of carbonyl (C=O) groups excluding carboxylic acids is 1. The van der Waals surface area contributed by atoms with Crippen molar-refractivity contribution >= 4 is 11.5 Å². The van der Waals surface area contributed by atoms with E-state index >= 15 is 0 Å². The van der Waals surface area contributed by atoms with Crippen LogP contribution in [0.4, 0.5) is 0 Å². The highest BCUT2D eigenvalue weighted by atomic mass is 16.2. The normalized spacial score (nSPS) is 22.9. The van der Waals surface area contributed by atoms with E-state index in [0.29, 0.717) is 0 Å². The summed E-state index contributed by atoms with van der Waals surface area (Å²) in [5.41, 5.74) is 3.52. The summed E-state index contributed by atoms with van der Waals surface area (Å²) in [6.45, 7) is 3.60. The number of carbonyl (C=O) groups is 1. The van der Waals surface area contributed by atoms with E-state index < -0.39 is 0 Å². The molecule has 1 heterocycles. The minimum Gasteiger partial charge on any atom is -0.345 e. The molecule has 2 aliphatic carbocycles. The van der Waals surface area contributed by atoms with Gasteiger partial charge in [-0.3, -0.25) is 4.79 Å². The van der Waals surface area contributed by atoms with Crippen LogP contribution in [0.1, 0.15) is 56.1 Å². The number of benzene rings is 1. The van der Waals surface area contributed by atoms with Gasteiger partial charge in [0.2, 0.25) is 0 Å². The molecule has 3 nitrogen and oxygen atoms in total. The zero-order chi connectivity index (χ0) is 18.1.